The molecule has 0 saturated carbocycles. The van der Waals surface area contributed by atoms with Crippen molar-refractivity contribution in [1.82, 2.24) is 0 Å². The molecular weight excluding hydrogens is 224 g/mol. The second kappa shape index (κ2) is 3.95. The molecule has 0 aromatic heterocycles. The largest absolute Gasteiger partial charge is 0.288 e. The van der Waals surface area contributed by atoms with E-state index in [0.717, 1.165) is 12.1 Å². The standard InChI is InChI=1S/C6H4N4O4S/c7-8-9-15(13,14)6-4-2-1-3-5(6)10(11)12/h1-4H. The van der Waals surface area contributed by atoms with Crippen molar-refractivity contribution >= 4 is 15.7 Å². The van der Waals surface area contributed by atoms with Crippen LogP contribution in [0.4, 0.5) is 5.69 Å². The summed E-state index contributed by atoms with van der Waals surface area (Å²) < 4.78 is 25.0. The lowest BCUT2D eigenvalue weighted by Crippen LogP contribution is -2.00. The van der Waals surface area contributed by atoms with Crippen molar-refractivity contribution < 1.29 is 13.3 Å². The first-order valence-corrected chi connectivity index (χ1v) is 4.98. The zero-order valence-electron chi connectivity index (χ0n) is 7.14. The lowest BCUT2D eigenvalue weighted by molar-refractivity contribution is -0.387. The van der Waals surface area contributed by atoms with Crippen LogP contribution < -0.4 is 0 Å². The summed E-state index contributed by atoms with van der Waals surface area (Å²) in [6.07, 6.45) is 0. The third-order valence-electron chi connectivity index (χ3n) is 1.48. The molecule has 1 aromatic carbocycles. The van der Waals surface area contributed by atoms with Gasteiger partial charge in [-0.2, -0.15) is 0 Å². The van der Waals surface area contributed by atoms with Gasteiger partial charge in [-0.3, -0.25) is 10.1 Å². The Morgan fingerprint density at radius 2 is 2.00 bits per heavy atom. The van der Waals surface area contributed by atoms with Crippen LogP contribution in [-0.4, -0.2) is 13.3 Å². The van der Waals surface area contributed by atoms with Gasteiger partial charge in [0.15, 0.2) is 4.90 Å². The van der Waals surface area contributed by atoms with Crippen LogP contribution in [0.3, 0.4) is 0 Å². The van der Waals surface area contributed by atoms with Gasteiger partial charge in [0.1, 0.15) is 0 Å². The van der Waals surface area contributed by atoms with Crippen LogP contribution in [-0.2, 0) is 10.0 Å². The van der Waals surface area contributed by atoms with E-state index in [4.69, 9.17) is 5.53 Å². The first-order chi connectivity index (χ1) is 6.99. The number of azide groups is 1. The van der Waals surface area contributed by atoms with E-state index in [2.05, 4.69) is 9.43 Å². The number of rotatable bonds is 3. The molecule has 8 nitrogen and oxygen atoms in total. The summed E-state index contributed by atoms with van der Waals surface area (Å²) >= 11 is 0. The van der Waals surface area contributed by atoms with Crippen LogP contribution in [0.25, 0.3) is 10.4 Å². The number of nitro groups is 1. The minimum absolute atomic E-state index is 0.618. The van der Waals surface area contributed by atoms with Gasteiger partial charge in [0.25, 0.3) is 15.7 Å². The number of hydrogen-bond donors (Lipinski definition) is 0. The van der Waals surface area contributed by atoms with Crippen molar-refractivity contribution in [1.29, 1.82) is 0 Å². The molecular formula is C6H4N4O4S. The Kier molecular flexibility index (Phi) is 2.88. The predicted molar refractivity (Wildman–Crippen MR) is 49.4 cm³/mol. The molecule has 0 atom stereocenters. The summed E-state index contributed by atoms with van der Waals surface area (Å²) in [5, 5.41) is 10.5. The number of para-hydroxylation sites is 1. The highest BCUT2D eigenvalue weighted by molar-refractivity contribution is 7.90. The Labute approximate surface area is 84.0 Å². The van der Waals surface area contributed by atoms with Gasteiger partial charge < -0.3 is 0 Å². The molecule has 0 fully saturated rings. The molecule has 0 aliphatic rings. The van der Waals surface area contributed by atoms with Crippen LogP contribution in [0.1, 0.15) is 0 Å². The summed E-state index contributed by atoms with van der Waals surface area (Å²) in [5.74, 6) is 0. The second-order valence-corrected chi connectivity index (χ2v) is 3.92. The molecule has 0 aliphatic carbocycles. The molecule has 0 amide bonds. The summed E-state index contributed by atoms with van der Waals surface area (Å²) in [6, 6.07) is 4.63. The average Bonchev–Trinajstić information content (AvgIpc) is 2.17. The lowest BCUT2D eigenvalue weighted by Gasteiger charge is -1.97. The van der Waals surface area contributed by atoms with E-state index in [1.165, 1.54) is 12.1 Å². The predicted octanol–water partition coefficient (Wildman–Crippen LogP) is 1.59. The van der Waals surface area contributed by atoms with Crippen LogP contribution in [0.5, 0.6) is 0 Å². The molecule has 0 aliphatic heterocycles. The van der Waals surface area contributed by atoms with Gasteiger partial charge in [-0.25, -0.2) is 8.42 Å². The molecule has 15 heavy (non-hydrogen) atoms. The molecule has 0 radical (unpaired) electrons. The summed E-state index contributed by atoms with van der Waals surface area (Å²) in [6.45, 7) is 0. The maximum absolute atomic E-state index is 11.2. The maximum Gasteiger partial charge on any atom is 0.288 e. The third kappa shape index (κ3) is 2.22. The first-order valence-electron chi connectivity index (χ1n) is 3.54. The van der Waals surface area contributed by atoms with E-state index >= 15 is 0 Å². The Hall–Kier alpha value is -2.12. The normalized spacial score (nSPS) is 10.4. The van der Waals surface area contributed by atoms with Crippen molar-refractivity contribution in [2.24, 2.45) is 4.52 Å². The van der Waals surface area contributed by atoms with Crippen LogP contribution in [0, 0.1) is 10.1 Å². The van der Waals surface area contributed by atoms with Crippen LogP contribution in [0.2, 0.25) is 0 Å². The van der Waals surface area contributed by atoms with Gasteiger partial charge >= 0.3 is 0 Å². The van der Waals surface area contributed by atoms with Crippen molar-refractivity contribution in [2.45, 2.75) is 4.90 Å². The Morgan fingerprint density at radius 1 is 1.40 bits per heavy atom. The van der Waals surface area contributed by atoms with Gasteiger partial charge in [0.2, 0.25) is 0 Å². The van der Waals surface area contributed by atoms with E-state index in [0.29, 0.717) is 0 Å². The molecule has 0 bridgehead atoms. The number of hydrogen-bond acceptors (Lipinski definition) is 4. The molecule has 78 valence electrons. The summed E-state index contributed by atoms with van der Waals surface area (Å²) in [7, 11) is -4.32. The number of benzene rings is 1. The van der Waals surface area contributed by atoms with E-state index in [-0.39, 0.29) is 0 Å². The fourth-order valence-electron chi connectivity index (χ4n) is 0.918. The van der Waals surface area contributed by atoms with Gasteiger partial charge in [-0.1, -0.05) is 12.1 Å². The zero-order chi connectivity index (χ0) is 11.5. The molecule has 0 saturated heterocycles. The van der Waals surface area contributed by atoms with Gasteiger partial charge in [-0.15, -0.1) is 0 Å². The van der Waals surface area contributed by atoms with Crippen LogP contribution >= 0.6 is 0 Å². The van der Waals surface area contributed by atoms with Gasteiger partial charge in [0, 0.05) is 15.5 Å². The highest BCUT2D eigenvalue weighted by Gasteiger charge is 2.23. The van der Waals surface area contributed by atoms with Crippen molar-refractivity contribution in [3.63, 3.8) is 0 Å². The van der Waals surface area contributed by atoms with Crippen LogP contribution in [0.15, 0.2) is 33.7 Å². The summed E-state index contributed by atoms with van der Waals surface area (Å²) in [5.41, 5.74) is 7.38. The number of nitro benzene ring substituents is 1. The molecule has 1 rings (SSSR count). The maximum atomic E-state index is 11.2. The van der Waals surface area contributed by atoms with E-state index in [1.54, 1.807) is 0 Å². The lowest BCUT2D eigenvalue weighted by atomic mass is 10.3. The quantitative estimate of drug-likeness (QED) is 0.256. The molecule has 1 aromatic rings. The first kappa shape index (κ1) is 11.0. The Balaban J connectivity index is 3.51. The van der Waals surface area contributed by atoms with Gasteiger partial charge in [0.05, 0.1) is 4.92 Å². The molecule has 0 N–H and O–H groups in total. The average molecular weight is 228 g/mol. The van der Waals surface area contributed by atoms with E-state index < -0.39 is 25.5 Å². The monoisotopic (exact) mass is 228 g/mol. The highest BCUT2D eigenvalue weighted by atomic mass is 32.2. The van der Waals surface area contributed by atoms with Gasteiger partial charge in [-0.05, 0) is 11.6 Å². The zero-order valence-corrected chi connectivity index (χ0v) is 7.96. The number of sulfonamides is 1. The SMILES string of the molecule is [N-]=[N+]=NS(=O)(=O)c1ccccc1[N+](=O)[O-]. The minimum Gasteiger partial charge on any atom is -0.258 e. The fourth-order valence-corrected chi connectivity index (χ4v) is 1.76. The molecule has 0 heterocycles. The minimum atomic E-state index is -4.32. The molecule has 0 unspecified atom stereocenters. The second-order valence-electron chi connectivity index (χ2n) is 2.37. The van der Waals surface area contributed by atoms with E-state index in [9.17, 15) is 18.5 Å². The highest BCUT2D eigenvalue weighted by Crippen LogP contribution is 2.24. The third-order valence-corrected chi connectivity index (χ3v) is 2.67. The van der Waals surface area contributed by atoms with E-state index in [1.807, 2.05) is 0 Å². The number of nitrogens with zero attached hydrogens (tertiary/aromatic N) is 4. The molecule has 9 heteroatoms. The smallest absolute Gasteiger partial charge is 0.258 e. The topological polar surface area (TPSA) is 126 Å². The molecule has 0 spiro atoms. The summed E-state index contributed by atoms with van der Waals surface area (Å²) in [4.78, 5) is 11.1. The fraction of sp³-hybridized carbons (Fsp3) is 0. The van der Waals surface area contributed by atoms with Crippen molar-refractivity contribution in [2.75, 3.05) is 0 Å². The Morgan fingerprint density at radius 3 is 2.53 bits per heavy atom. The Bertz CT molecular complexity index is 546. The van der Waals surface area contributed by atoms with Crippen molar-refractivity contribution in [3.05, 3.63) is 44.8 Å². The van der Waals surface area contributed by atoms with Crippen molar-refractivity contribution in [3.8, 4) is 0 Å².